The van der Waals surface area contributed by atoms with Crippen LogP contribution in [0.15, 0.2) is 47.5 Å². The van der Waals surface area contributed by atoms with Gasteiger partial charge >= 0.3 is 0 Å². The fraction of sp³-hybridized carbons (Fsp3) is 0.286. The molecule has 1 fully saturated rings. The number of sulfonamides is 1. The maximum Gasteiger partial charge on any atom is 0.246 e. The van der Waals surface area contributed by atoms with Gasteiger partial charge in [0.2, 0.25) is 10.0 Å². The van der Waals surface area contributed by atoms with Crippen LogP contribution in [0.4, 0.5) is 26.2 Å². The Morgan fingerprint density at radius 2 is 1.69 bits per heavy atom. The summed E-state index contributed by atoms with van der Waals surface area (Å²) in [5.41, 5.74) is 1.06. The molecule has 1 saturated heterocycles. The van der Waals surface area contributed by atoms with E-state index in [1.807, 2.05) is 24.0 Å². The molecule has 0 atom stereocenters. The van der Waals surface area contributed by atoms with Gasteiger partial charge in [0, 0.05) is 38.4 Å². The number of nitrogens with one attached hydrogen (secondary N) is 1. The lowest BCUT2D eigenvalue weighted by molar-refractivity contribution is 0.380. The number of aromatic nitrogens is 3. The third kappa shape index (κ3) is 4.68. The number of anilines is 3. The van der Waals surface area contributed by atoms with Crippen LogP contribution >= 0.6 is 0 Å². The van der Waals surface area contributed by atoms with Gasteiger partial charge in [-0.1, -0.05) is 0 Å². The second-order valence-corrected chi connectivity index (χ2v) is 9.37. The lowest BCUT2D eigenvalue weighted by Crippen LogP contribution is -2.49. The number of benzene rings is 1. The van der Waals surface area contributed by atoms with Gasteiger partial charge in [-0.25, -0.2) is 32.2 Å². The SMILES string of the molecule is Cc1ccnc(Nc2cc(N3CCN(S(=O)(=O)c4cc(F)ccc4F)CC3)nc(C)n2)c1. The normalized spacial score (nSPS) is 15.1. The van der Waals surface area contributed by atoms with Gasteiger partial charge in [-0.15, -0.1) is 0 Å². The Labute approximate surface area is 185 Å². The lowest BCUT2D eigenvalue weighted by Gasteiger charge is -2.34. The lowest BCUT2D eigenvalue weighted by atomic mass is 10.3. The molecule has 168 valence electrons. The van der Waals surface area contributed by atoms with Crippen molar-refractivity contribution in [2.24, 2.45) is 0 Å². The quantitative estimate of drug-likeness (QED) is 0.626. The van der Waals surface area contributed by atoms with Crippen LogP contribution in [0, 0.1) is 25.5 Å². The molecule has 3 aromatic rings. The zero-order valence-electron chi connectivity index (χ0n) is 17.6. The minimum absolute atomic E-state index is 0.115. The fourth-order valence-electron chi connectivity index (χ4n) is 3.49. The molecular formula is C21H22F2N6O2S. The number of aryl methyl sites for hydroxylation is 2. The second kappa shape index (κ2) is 8.75. The summed E-state index contributed by atoms with van der Waals surface area (Å²) in [6.45, 7) is 4.65. The Morgan fingerprint density at radius 3 is 2.41 bits per heavy atom. The summed E-state index contributed by atoms with van der Waals surface area (Å²) >= 11 is 0. The number of halogens is 2. The maximum absolute atomic E-state index is 14.0. The van der Waals surface area contributed by atoms with Gasteiger partial charge in [-0.3, -0.25) is 0 Å². The predicted octanol–water partition coefficient (Wildman–Crippen LogP) is 3.02. The maximum atomic E-state index is 14.0. The third-order valence-corrected chi connectivity index (χ3v) is 6.98. The van der Waals surface area contributed by atoms with E-state index < -0.39 is 26.6 Å². The summed E-state index contributed by atoms with van der Waals surface area (Å²) in [4.78, 5) is 14.4. The molecule has 1 N–H and O–H groups in total. The largest absolute Gasteiger partial charge is 0.354 e. The zero-order chi connectivity index (χ0) is 22.9. The van der Waals surface area contributed by atoms with Gasteiger partial charge in [0.15, 0.2) is 0 Å². The minimum atomic E-state index is -4.14. The van der Waals surface area contributed by atoms with Crippen LogP contribution in [0.3, 0.4) is 0 Å². The molecule has 8 nitrogen and oxygen atoms in total. The van der Waals surface area contributed by atoms with E-state index in [9.17, 15) is 17.2 Å². The van der Waals surface area contributed by atoms with Crippen molar-refractivity contribution < 1.29 is 17.2 Å². The van der Waals surface area contributed by atoms with E-state index >= 15 is 0 Å². The van der Waals surface area contributed by atoms with E-state index in [0.717, 1.165) is 22.0 Å². The Hall–Kier alpha value is -3.18. The second-order valence-electron chi connectivity index (χ2n) is 7.47. The standard InChI is InChI=1S/C21H22F2N6O2S/c1-14-5-6-24-19(11-14)27-20-13-21(26-15(2)25-20)28-7-9-29(10-8-28)32(30,31)18-12-16(22)3-4-17(18)23/h3-6,11-13H,7-10H2,1-2H3,(H,24,25,26,27). The molecule has 0 amide bonds. The molecule has 1 aliphatic rings. The van der Waals surface area contributed by atoms with Crippen molar-refractivity contribution in [1.82, 2.24) is 19.3 Å². The molecule has 3 heterocycles. The molecule has 0 unspecified atom stereocenters. The molecule has 2 aromatic heterocycles. The van der Waals surface area contributed by atoms with Crippen molar-refractivity contribution >= 4 is 27.5 Å². The summed E-state index contributed by atoms with van der Waals surface area (Å²) in [6.07, 6.45) is 1.70. The third-order valence-electron chi connectivity index (χ3n) is 5.07. The molecule has 0 bridgehead atoms. The zero-order valence-corrected chi connectivity index (χ0v) is 18.4. The van der Waals surface area contributed by atoms with Crippen LogP contribution in [0.5, 0.6) is 0 Å². The van der Waals surface area contributed by atoms with Crippen molar-refractivity contribution in [2.45, 2.75) is 18.7 Å². The first-order valence-corrected chi connectivity index (χ1v) is 11.4. The van der Waals surface area contributed by atoms with Gasteiger partial charge in [-0.2, -0.15) is 4.31 Å². The van der Waals surface area contributed by atoms with Gasteiger partial charge in [0.1, 0.15) is 39.8 Å². The highest BCUT2D eigenvalue weighted by molar-refractivity contribution is 7.89. The van der Waals surface area contributed by atoms with Crippen LogP contribution in [0.2, 0.25) is 0 Å². The van der Waals surface area contributed by atoms with Crippen LogP contribution in [0.25, 0.3) is 0 Å². The van der Waals surface area contributed by atoms with Gasteiger partial charge < -0.3 is 10.2 Å². The number of pyridine rings is 1. The van der Waals surface area contributed by atoms with Crippen LogP contribution < -0.4 is 10.2 Å². The first-order chi connectivity index (χ1) is 15.2. The first-order valence-electron chi connectivity index (χ1n) is 9.98. The van der Waals surface area contributed by atoms with Crippen LogP contribution in [0.1, 0.15) is 11.4 Å². The highest BCUT2D eigenvalue weighted by Crippen LogP contribution is 2.24. The van der Waals surface area contributed by atoms with Gasteiger partial charge in [0.05, 0.1) is 0 Å². The number of hydrogen-bond donors (Lipinski definition) is 1. The summed E-state index contributed by atoms with van der Waals surface area (Å²) in [7, 11) is -4.14. The number of nitrogens with zero attached hydrogens (tertiary/aromatic N) is 5. The monoisotopic (exact) mass is 460 g/mol. The predicted molar refractivity (Wildman–Crippen MR) is 116 cm³/mol. The Morgan fingerprint density at radius 1 is 0.938 bits per heavy atom. The van der Waals surface area contributed by atoms with Crippen molar-refractivity contribution in [2.75, 3.05) is 36.4 Å². The van der Waals surface area contributed by atoms with E-state index in [2.05, 4.69) is 20.3 Å². The average molecular weight is 461 g/mol. The molecule has 1 aromatic carbocycles. The first kappa shape index (κ1) is 22.0. The van der Waals surface area contributed by atoms with E-state index in [0.29, 0.717) is 42.4 Å². The molecule has 0 aliphatic carbocycles. The van der Waals surface area contributed by atoms with Gasteiger partial charge in [0.25, 0.3) is 0 Å². The van der Waals surface area contributed by atoms with Gasteiger partial charge in [-0.05, 0) is 49.7 Å². The molecule has 32 heavy (non-hydrogen) atoms. The molecule has 11 heteroatoms. The number of hydrogen-bond acceptors (Lipinski definition) is 7. The summed E-state index contributed by atoms with van der Waals surface area (Å²) in [6, 6.07) is 7.98. The Bertz CT molecular complexity index is 1250. The van der Waals surface area contributed by atoms with Crippen LogP contribution in [-0.4, -0.2) is 53.9 Å². The molecule has 1 aliphatic heterocycles. The highest BCUT2D eigenvalue weighted by atomic mass is 32.2. The molecule has 4 rings (SSSR count). The summed E-state index contributed by atoms with van der Waals surface area (Å²) in [5, 5.41) is 3.16. The van der Waals surface area contributed by atoms with E-state index in [1.54, 1.807) is 19.2 Å². The van der Waals surface area contributed by atoms with Crippen molar-refractivity contribution in [1.29, 1.82) is 0 Å². The minimum Gasteiger partial charge on any atom is -0.354 e. The van der Waals surface area contributed by atoms with E-state index in [-0.39, 0.29) is 13.1 Å². The highest BCUT2D eigenvalue weighted by Gasteiger charge is 2.31. The molecule has 0 radical (unpaired) electrons. The average Bonchev–Trinajstić information content (AvgIpc) is 2.75. The molecular weight excluding hydrogens is 438 g/mol. The Kier molecular flexibility index (Phi) is 6.02. The fourth-order valence-corrected chi connectivity index (χ4v) is 4.98. The summed E-state index contributed by atoms with van der Waals surface area (Å²) in [5.74, 6) is 0.643. The topological polar surface area (TPSA) is 91.3 Å². The molecule has 0 saturated carbocycles. The smallest absolute Gasteiger partial charge is 0.246 e. The van der Waals surface area contributed by atoms with E-state index in [4.69, 9.17) is 0 Å². The van der Waals surface area contributed by atoms with E-state index in [1.165, 1.54) is 0 Å². The van der Waals surface area contributed by atoms with Crippen molar-refractivity contribution in [3.05, 3.63) is 65.6 Å². The van der Waals surface area contributed by atoms with Crippen LogP contribution in [-0.2, 0) is 10.0 Å². The summed E-state index contributed by atoms with van der Waals surface area (Å²) < 4.78 is 54.3. The van der Waals surface area contributed by atoms with Crippen molar-refractivity contribution in [3.63, 3.8) is 0 Å². The van der Waals surface area contributed by atoms with Crippen molar-refractivity contribution in [3.8, 4) is 0 Å². The molecule has 0 spiro atoms. The number of piperazine rings is 1. The Balaban J connectivity index is 1.49. The number of rotatable bonds is 5.